The summed E-state index contributed by atoms with van der Waals surface area (Å²) in [5.74, 6) is 1.01. The van der Waals surface area contributed by atoms with Gasteiger partial charge in [-0.1, -0.05) is 141 Å². The lowest BCUT2D eigenvalue weighted by molar-refractivity contribution is 0.358. The lowest BCUT2D eigenvalue weighted by atomic mass is 9.87. The molecule has 0 radical (unpaired) electrons. The zero-order valence-corrected chi connectivity index (χ0v) is 22.4. The van der Waals surface area contributed by atoms with Gasteiger partial charge in [-0.2, -0.15) is 0 Å². The van der Waals surface area contributed by atoms with Gasteiger partial charge in [-0.15, -0.1) is 18.5 Å². The molecule has 0 spiro atoms. The first-order valence-electron chi connectivity index (χ1n) is 12.4. The second kappa shape index (κ2) is 15.6. The van der Waals surface area contributed by atoms with E-state index in [0.717, 1.165) is 11.6 Å². The van der Waals surface area contributed by atoms with Gasteiger partial charge in [0.15, 0.2) is 0 Å². The average Bonchev–Trinajstić information content (AvgIpc) is 2.96. The Morgan fingerprint density at radius 2 is 0.794 bits per heavy atom. The Hall–Kier alpha value is -2.26. The maximum absolute atomic E-state index is 2.98. The Balaban J connectivity index is 0.000000144. The SMILES string of the molecule is PCC(P)C1CCCCC1.c1ccc(-c2ccccc2)cc1.c1ccc(-c2ccccc2)cc1. The van der Waals surface area contributed by atoms with E-state index in [4.69, 9.17) is 0 Å². The molecular formula is C32H38P2. The van der Waals surface area contributed by atoms with Crippen LogP contribution in [0.1, 0.15) is 32.1 Å². The van der Waals surface area contributed by atoms with Gasteiger partial charge in [0.25, 0.3) is 0 Å². The molecule has 0 heterocycles. The van der Waals surface area contributed by atoms with E-state index in [9.17, 15) is 0 Å². The highest BCUT2D eigenvalue weighted by Gasteiger charge is 2.18. The molecule has 0 saturated heterocycles. The first-order chi connectivity index (χ1) is 16.8. The largest absolute Gasteiger partial charge is 0.137 e. The topological polar surface area (TPSA) is 0 Å². The Morgan fingerprint density at radius 3 is 1.06 bits per heavy atom. The van der Waals surface area contributed by atoms with E-state index in [-0.39, 0.29) is 0 Å². The molecule has 0 aliphatic heterocycles. The van der Waals surface area contributed by atoms with Crippen LogP contribution in [0.4, 0.5) is 0 Å². The number of rotatable bonds is 4. The molecule has 4 aromatic carbocycles. The molecule has 0 N–H and O–H groups in total. The molecule has 4 aromatic rings. The van der Waals surface area contributed by atoms with E-state index in [0.29, 0.717) is 0 Å². The standard InChI is InChI=1S/2C12H10.C8H18P2/c2*1-3-7-11(8-4-1)12-9-5-2-6-10-12;9-6-8(10)7-4-2-1-3-5-7/h2*1-10H;7-8H,1-6,9-10H2. The van der Waals surface area contributed by atoms with E-state index >= 15 is 0 Å². The summed E-state index contributed by atoms with van der Waals surface area (Å²) in [5, 5.41) is 0. The Labute approximate surface area is 211 Å². The van der Waals surface area contributed by atoms with Gasteiger partial charge in [0.2, 0.25) is 0 Å². The minimum atomic E-state index is 0.866. The van der Waals surface area contributed by atoms with Crippen LogP contribution in [0, 0.1) is 5.92 Å². The van der Waals surface area contributed by atoms with Gasteiger partial charge in [0.1, 0.15) is 0 Å². The Morgan fingerprint density at radius 1 is 0.500 bits per heavy atom. The summed E-state index contributed by atoms with van der Waals surface area (Å²) in [7, 11) is 5.83. The Kier molecular flexibility index (Phi) is 12.1. The van der Waals surface area contributed by atoms with Crippen molar-refractivity contribution in [2.45, 2.75) is 37.8 Å². The molecule has 3 atom stereocenters. The summed E-state index contributed by atoms with van der Waals surface area (Å²) in [6.45, 7) is 0. The quantitative estimate of drug-likeness (QED) is 0.253. The summed E-state index contributed by atoms with van der Waals surface area (Å²) in [6.07, 6.45) is 8.63. The van der Waals surface area contributed by atoms with Gasteiger partial charge < -0.3 is 0 Å². The maximum Gasteiger partial charge on any atom is -0.0184 e. The zero-order valence-electron chi connectivity index (χ0n) is 20.1. The molecule has 1 aliphatic rings. The normalized spacial score (nSPS) is 14.1. The van der Waals surface area contributed by atoms with Crippen molar-refractivity contribution in [2.75, 3.05) is 6.16 Å². The second-order valence-electron chi connectivity index (χ2n) is 8.76. The zero-order chi connectivity index (χ0) is 23.8. The molecule has 2 heteroatoms. The minimum absolute atomic E-state index is 0.866. The van der Waals surface area contributed by atoms with Crippen LogP contribution in [0.15, 0.2) is 121 Å². The van der Waals surface area contributed by atoms with Crippen LogP contribution in [0.3, 0.4) is 0 Å². The van der Waals surface area contributed by atoms with Crippen LogP contribution in [0.2, 0.25) is 0 Å². The van der Waals surface area contributed by atoms with E-state index in [1.54, 1.807) is 0 Å². The van der Waals surface area contributed by atoms with Crippen molar-refractivity contribution in [1.29, 1.82) is 0 Å². The van der Waals surface area contributed by atoms with Crippen molar-refractivity contribution < 1.29 is 0 Å². The summed E-state index contributed by atoms with van der Waals surface area (Å²) in [5.41, 5.74) is 5.97. The van der Waals surface area contributed by atoms with E-state index in [2.05, 4.69) is 116 Å². The van der Waals surface area contributed by atoms with Crippen molar-refractivity contribution in [2.24, 2.45) is 5.92 Å². The van der Waals surface area contributed by atoms with Gasteiger partial charge in [-0.3, -0.25) is 0 Å². The van der Waals surface area contributed by atoms with Crippen LogP contribution in [0.5, 0.6) is 0 Å². The molecule has 3 unspecified atom stereocenters. The molecule has 0 aromatic heterocycles. The van der Waals surface area contributed by atoms with Crippen LogP contribution in [0.25, 0.3) is 22.3 Å². The van der Waals surface area contributed by atoms with Crippen molar-refractivity contribution in [3.63, 3.8) is 0 Å². The van der Waals surface area contributed by atoms with Crippen molar-refractivity contribution in [3.8, 4) is 22.3 Å². The number of hydrogen-bond acceptors (Lipinski definition) is 0. The van der Waals surface area contributed by atoms with Crippen molar-refractivity contribution in [1.82, 2.24) is 0 Å². The second-order valence-corrected chi connectivity index (χ2v) is 10.1. The summed E-state index contributed by atoms with van der Waals surface area (Å²) in [6, 6.07) is 41.6. The highest BCUT2D eigenvalue weighted by molar-refractivity contribution is 7.22. The smallest absolute Gasteiger partial charge is 0.0184 e. The average molecular weight is 485 g/mol. The molecule has 1 saturated carbocycles. The van der Waals surface area contributed by atoms with Gasteiger partial charge in [-0.25, -0.2) is 0 Å². The third-order valence-electron chi connectivity index (χ3n) is 6.29. The molecule has 0 nitrogen and oxygen atoms in total. The number of benzene rings is 4. The summed E-state index contributed by atoms with van der Waals surface area (Å²) < 4.78 is 0. The molecular weight excluding hydrogens is 446 g/mol. The third-order valence-corrected chi connectivity index (χ3v) is 8.19. The van der Waals surface area contributed by atoms with Crippen molar-refractivity contribution in [3.05, 3.63) is 121 Å². The van der Waals surface area contributed by atoms with Gasteiger partial charge >= 0.3 is 0 Å². The van der Waals surface area contributed by atoms with Crippen LogP contribution < -0.4 is 0 Å². The molecule has 5 rings (SSSR count). The van der Waals surface area contributed by atoms with E-state index < -0.39 is 0 Å². The van der Waals surface area contributed by atoms with Crippen LogP contribution in [-0.2, 0) is 0 Å². The molecule has 0 bridgehead atoms. The maximum atomic E-state index is 2.98. The minimum Gasteiger partial charge on any atom is -0.137 e. The van der Waals surface area contributed by atoms with E-state index in [1.807, 2.05) is 24.3 Å². The lowest BCUT2D eigenvalue weighted by Gasteiger charge is -2.26. The first-order valence-corrected chi connectivity index (χ1v) is 13.9. The van der Waals surface area contributed by atoms with E-state index in [1.165, 1.54) is 60.5 Å². The van der Waals surface area contributed by atoms with Gasteiger partial charge in [0, 0.05) is 0 Å². The van der Waals surface area contributed by atoms with Crippen LogP contribution >= 0.6 is 18.5 Å². The first kappa shape index (κ1) is 26.3. The molecule has 1 aliphatic carbocycles. The van der Waals surface area contributed by atoms with Gasteiger partial charge in [-0.05, 0) is 52.8 Å². The molecule has 34 heavy (non-hydrogen) atoms. The summed E-state index contributed by atoms with van der Waals surface area (Å²) in [4.78, 5) is 0. The summed E-state index contributed by atoms with van der Waals surface area (Å²) >= 11 is 0. The molecule has 0 amide bonds. The monoisotopic (exact) mass is 484 g/mol. The number of hydrogen-bond donors (Lipinski definition) is 0. The Bertz CT molecular complexity index is 862. The predicted molar refractivity (Wildman–Crippen MR) is 158 cm³/mol. The highest BCUT2D eigenvalue weighted by atomic mass is 31.0. The fourth-order valence-electron chi connectivity index (χ4n) is 4.28. The van der Waals surface area contributed by atoms with Crippen molar-refractivity contribution >= 4 is 18.5 Å². The molecule has 176 valence electrons. The predicted octanol–water partition coefficient (Wildman–Crippen LogP) is 9.39. The fraction of sp³-hybridized carbons (Fsp3) is 0.250. The fourth-order valence-corrected chi connectivity index (χ4v) is 5.05. The molecule has 1 fully saturated rings. The highest BCUT2D eigenvalue weighted by Crippen LogP contribution is 2.30. The van der Waals surface area contributed by atoms with Crippen LogP contribution in [-0.4, -0.2) is 11.8 Å². The van der Waals surface area contributed by atoms with Gasteiger partial charge in [0.05, 0.1) is 0 Å². The third kappa shape index (κ3) is 9.18. The lowest BCUT2D eigenvalue weighted by Crippen LogP contribution is -2.18.